The minimum Gasteiger partial charge on any atom is -0.321 e. The standard InChI is InChI=1S/C22H26ClIN2O/c1-6-9-10-18-13(4)25-14(5)19(20(18)23)22(27)26-21-15(7-2)11-17(24)12-16(21)8-3/h6,9,11-12H,7-8,10H2,1-5H3,(H,26,27)/b9-6+. The second-order valence-electron chi connectivity index (χ2n) is 6.48. The minimum absolute atomic E-state index is 0.197. The van der Waals surface area contributed by atoms with Gasteiger partial charge in [0.05, 0.1) is 16.3 Å². The molecule has 3 nitrogen and oxygen atoms in total. The highest BCUT2D eigenvalue weighted by atomic mass is 127. The Balaban J connectivity index is 2.51. The molecule has 144 valence electrons. The Kier molecular flexibility index (Phi) is 7.86. The largest absolute Gasteiger partial charge is 0.321 e. The third kappa shape index (κ3) is 4.91. The lowest BCUT2D eigenvalue weighted by molar-refractivity contribution is 0.102. The highest BCUT2D eigenvalue weighted by molar-refractivity contribution is 14.1. The topological polar surface area (TPSA) is 42.0 Å². The Labute approximate surface area is 180 Å². The maximum absolute atomic E-state index is 13.2. The molecule has 0 saturated carbocycles. The van der Waals surface area contributed by atoms with E-state index in [1.807, 2.05) is 32.9 Å². The van der Waals surface area contributed by atoms with Gasteiger partial charge in [-0.3, -0.25) is 9.78 Å². The lowest BCUT2D eigenvalue weighted by atomic mass is 10.0. The lowest BCUT2D eigenvalue weighted by Gasteiger charge is -2.18. The molecule has 0 spiro atoms. The van der Waals surface area contributed by atoms with Gasteiger partial charge >= 0.3 is 0 Å². The molecule has 1 heterocycles. The summed E-state index contributed by atoms with van der Waals surface area (Å²) in [5, 5.41) is 3.62. The molecule has 1 aromatic heterocycles. The Morgan fingerprint density at radius 2 is 1.78 bits per heavy atom. The van der Waals surface area contributed by atoms with Crippen LogP contribution in [-0.4, -0.2) is 10.9 Å². The zero-order chi connectivity index (χ0) is 20.1. The second kappa shape index (κ2) is 9.69. The van der Waals surface area contributed by atoms with E-state index in [1.165, 1.54) is 3.57 Å². The van der Waals surface area contributed by atoms with Crippen molar-refractivity contribution in [3.8, 4) is 0 Å². The van der Waals surface area contributed by atoms with E-state index in [0.717, 1.165) is 40.9 Å². The monoisotopic (exact) mass is 496 g/mol. The molecule has 2 aromatic rings. The molecule has 27 heavy (non-hydrogen) atoms. The van der Waals surface area contributed by atoms with E-state index >= 15 is 0 Å². The highest BCUT2D eigenvalue weighted by Crippen LogP contribution is 2.30. The third-order valence-electron chi connectivity index (χ3n) is 4.67. The average molecular weight is 497 g/mol. The van der Waals surface area contributed by atoms with E-state index in [-0.39, 0.29) is 5.91 Å². The fourth-order valence-electron chi connectivity index (χ4n) is 3.20. The second-order valence-corrected chi connectivity index (χ2v) is 8.11. The maximum atomic E-state index is 13.2. The molecule has 0 aliphatic carbocycles. The first-order chi connectivity index (χ1) is 12.8. The summed E-state index contributed by atoms with van der Waals surface area (Å²) in [5.74, 6) is -0.197. The molecule has 1 aromatic carbocycles. The summed E-state index contributed by atoms with van der Waals surface area (Å²) < 4.78 is 1.18. The Bertz CT molecular complexity index is 865. The molecule has 5 heteroatoms. The van der Waals surface area contributed by atoms with Gasteiger partial charge in [0.2, 0.25) is 0 Å². The van der Waals surface area contributed by atoms with Crippen molar-refractivity contribution in [1.82, 2.24) is 4.98 Å². The SMILES string of the molecule is C/C=C/Cc1c(C)nc(C)c(C(=O)Nc2c(CC)cc(I)cc2CC)c1Cl. The highest BCUT2D eigenvalue weighted by Gasteiger charge is 2.21. The lowest BCUT2D eigenvalue weighted by Crippen LogP contribution is -2.18. The van der Waals surface area contributed by atoms with E-state index in [0.29, 0.717) is 22.7 Å². The van der Waals surface area contributed by atoms with Gasteiger partial charge in [0.15, 0.2) is 0 Å². The number of benzene rings is 1. The predicted octanol–water partition coefficient (Wildman–Crippen LogP) is 6.45. The van der Waals surface area contributed by atoms with Crippen molar-refractivity contribution in [2.45, 2.75) is 53.9 Å². The van der Waals surface area contributed by atoms with Crippen molar-refractivity contribution in [2.24, 2.45) is 0 Å². The zero-order valence-electron chi connectivity index (χ0n) is 16.5. The fourth-order valence-corrected chi connectivity index (χ4v) is 4.39. The van der Waals surface area contributed by atoms with Crippen molar-refractivity contribution in [1.29, 1.82) is 0 Å². The molecule has 0 bridgehead atoms. The first-order valence-corrected chi connectivity index (χ1v) is 10.7. The number of carbonyl (C=O) groups excluding carboxylic acids is 1. The van der Waals surface area contributed by atoms with Gasteiger partial charge < -0.3 is 5.32 Å². The molecule has 0 aliphatic rings. The number of nitrogens with zero attached hydrogens (tertiary/aromatic N) is 1. The predicted molar refractivity (Wildman–Crippen MR) is 123 cm³/mol. The van der Waals surface area contributed by atoms with Crippen LogP contribution >= 0.6 is 34.2 Å². The molecule has 1 amide bonds. The number of carbonyl (C=O) groups is 1. The van der Waals surface area contributed by atoms with Crippen LogP contribution < -0.4 is 5.32 Å². The van der Waals surface area contributed by atoms with Crippen LogP contribution in [0.3, 0.4) is 0 Å². The van der Waals surface area contributed by atoms with Crippen LogP contribution in [0.4, 0.5) is 5.69 Å². The number of halogens is 2. The smallest absolute Gasteiger partial charge is 0.259 e. The molecular weight excluding hydrogens is 471 g/mol. The van der Waals surface area contributed by atoms with Crippen LogP contribution in [0.2, 0.25) is 5.02 Å². The van der Waals surface area contributed by atoms with Gasteiger partial charge in [-0.1, -0.05) is 37.6 Å². The van der Waals surface area contributed by atoms with Gasteiger partial charge in [-0.2, -0.15) is 0 Å². The van der Waals surface area contributed by atoms with E-state index < -0.39 is 0 Å². The summed E-state index contributed by atoms with van der Waals surface area (Å²) in [5.41, 5.74) is 6.05. The fraction of sp³-hybridized carbons (Fsp3) is 0.364. The van der Waals surface area contributed by atoms with Crippen LogP contribution in [0.1, 0.15) is 59.2 Å². The Morgan fingerprint density at radius 3 is 2.30 bits per heavy atom. The van der Waals surface area contributed by atoms with Gasteiger partial charge in [0.25, 0.3) is 5.91 Å². The summed E-state index contributed by atoms with van der Waals surface area (Å²) in [7, 11) is 0. The number of nitrogens with one attached hydrogen (secondary N) is 1. The van der Waals surface area contributed by atoms with E-state index in [1.54, 1.807) is 0 Å². The summed E-state index contributed by atoms with van der Waals surface area (Å²) in [6.45, 7) is 9.93. The number of hydrogen-bond donors (Lipinski definition) is 1. The van der Waals surface area contributed by atoms with Gasteiger partial charge in [0, 0.05) is 15.0 Å². The normalized spacial score (nSPS) is 11.2. The van der Waals surface area contributed by atoms with Gasteiger partial charge in [-0.25, -0.2) is 0 Å². The zero-order valence-corrected chi connectivity index (χ0v) is 19.5. The third-order valence-corrected chi connectivity index (χ3v) is 5.71. The number of pyridine rings is 1. The van der Waals surface area contributed by atoms with Crippen molar-refractivity contribution >= 4 is 45.8 Å². The molecule has 1 N–H and O–H groups in total. The molecule has 0 radical (unpaired) electrons. The molecule has 0 unspecified atom stereocenters. The quantitative estimate of drug-likeness (QED) is 0.369. The average Bonchev–Trinajstić information content (AvgIpc) is 2.62. The van der Waals surface area contributed by atoms with Crippen LogP contribution in [0.15, 0.2) is 24.3 Å². The van der Waals surface area contributed by atoms with Gasteiger partial charge in [0.1, 0.15) is 0 Å². The Hall–Kier alpha value is -1.40. The van der Waals surface area contributed by atoms with E-state index in [2.05, 4.69) is 58.9 Å². The van der Waals surface area contributed by atoms with E-state index in [9.17, 15) is 4.79 Å². The number of hydrogen-bond acceptors (Lipinski definition) is 2. The summed E-state index contributed by atoms with van der Waals surface area (Å²) in [6.07, 6.45) is 6.37. The molecule has 0 atom stereocenters. The Morgan fingerprint density at radius 1 is 1.19 bits per heavy atom. The van der Waals surface area contributed by atoms with Gasteiger partial charge in [-0.05, 0) is 91.4 Å². The number of aryl methyl sites for hydroxylation is 4. The van der Waals surface area contributed by atoms with Crippen molar-refractivity contribution in [3.05, 3.63) is 66.5 Å². The first-order valence-electron chi connectivity index (χ1n) is 9.23. The van der Waals surface area contributed by atoms with Crippen molar-refractivity contribution < 1.29 is 4.79 Å². The summed E-state index contributed by atoms with van der Waals surface area (Å²) in [6, 6.07) is 4.24. The number of allylic oxidation sites excluding steroid dienone is 2. The number of anilines is 1. The first kappa shape index (κ1) is 21.9. The summed E-state index contributed by atoms with van der Waals surface area (Å²) >= 11 is 8.97. The van der Waals surface area contributed by atoms with Crippen LogP contribution in [0.5, 0.6) is 0 Å². The molecule has 0 fully saturated rings. The van der Waals surface area contributed by atoms with Crippen molar-refractivity contribution in [2.75, 3.05) is 5.32 Å². The van der Waals surface area contributed by atoms with Crippen LogP contribution in [0.25, 0.3) is 0 Å². The number of rotatable bonds is 6. The molecular formula is C22H26ClIN2O. The molecule has 2 rings (SSSR count). The van der Waals surface area contributed by atoms with E-state index in [4.69, 9.17) is 11.6 Å². The molecule has 0 aliphatic heterocycles. The van der Waals surface area contributed by atoms with Crippen LogP contribution in [0, 0.1) is 17.4 Å². The minimum atomic E-state index is -0.197. The summed E-state index contributed by atoms with van der Waals surface area (Å²) in [4.78, 5) is 17.7. The number of amides is 1. The maximum Gasteiger partial charge on any atom is 0.259 e. The molecule has 0 saturated heterocycles. The van der Waals surface area contributed by atoms with Crippen molar-refractivity contribution in [3.63, 3.8) is 0 Å². The number of aromatic nitrogens is 1. The van der Waals surface area contributed by atoms with Crippen LogP contribution in [-0.2, 0) is 19.3 Å². The van der Waals surface area contributed by atoms with Gasteiger partial charge in [-0.15, -0.1) is 0 Å².